The van der Waals surface area contributed by atoms with E-state index in [1.54, 1.807) is 0 Å². The second-order valence-electron chi connectivity index (χ2n) is 3.30. The Bertz CT molecular complexity index is 86.1. The predicted octanol–water partition coefficient (Wildman–Crippen LogP) is 0.995. The molecule has 0 heterocycles. The van der Waals surface area contributed by atoms with Crippen molar-refractivity contribution in [3.8, 4) is 0 Å². The Balaban J connectivity index is 3.70. The lowest BCUT2D eigenvalue weighted by Crippen LogP contribution is -2.39. The molecule has 0 aliphatic rings. The molecule has 0 saturated heterocycles. The van der Waals surface area contributed by atoms with Gasteiger partial charge in [0, 0.05) is 18.6 Å². The summed E-state index contributed by atoms with van der Waals surface area (Å²) in [5.41, 5.74) is 0. The maximum atomic E-state index is 4.95. The van der Waals surface area contributed by atoms with Gasteiger partial charge >= 0.3 is 0 Å². The summed E-state index contributed by atoms with van der Waals surface area (Å²) < 4.78 is 0. The van der Waals surface area contributed by atoms with Gasteiger partial charge in [0.1, 0.15) is 0 Å². The van der Waals surface area contributed by atoms with Crippen LogP contribution >= 0.6 is 0 Å². The van der Waals surface area contributed by atoms with E-state index in [0.29, 0.717) is 18.7 Å². The van der Waals surface area contributed by atoms with E-state index in [0.717, 1.165) is 6.54 Å². The van der Waals surface area contributed by atoms with Gasteiger partial charge < -0.3 is 4.84 Å². The van der Waals surface area contributed by atoms with E-state index in [2.05, 4.69) is 37.4 Å². The van der Waals surface area contributed by atoms with Crippen LogP contribution in [0.1, 0.15) is 27.7 Å². The second-order valence-corrected chi connectivity index (χ2v) is 3.30. The number of rotatable bonds is 5. The van der Waals surface area contributed by atoms with Crippen molar-refractivity contribution in [1.82, 2.24) is 4.90 Å². The zero-order valence-corrected chi connectivity index (χ0v) is 8.00. The Morgan fingerprint density at radius 1 is 1.18 bits per heavy atom. The summed E-state index contributed by atoms with van der Waals surface area (Å²) in [7, 11) is 0. The molecule has 0 aliphatic heterocycles. The topological polar surface area (TPSA) is 38.5 Å². The van der Waals surface area contributed by atoms with Gasteiger partial charge in [0.05, 0.1) is 6.61 Å². The summed E-state index contributed by atoms with van der Waals surface area (Å²) in [5.74, 6) is 4.95. The summed E-state index contributed by atoms with van der Waals surface area (Å²) >= 11 is 0. The van der Waals surface area contributed by atoms with Crippen molar-refractivity contribution in [2.24, 2.45) is 5.90 Å². The van der Waals surface area contributed by atoms with Gasteiger partial charge in [0.15, 0.2) is 0 Å². The van der Waals surface area contributed by atoms with Crippen molar-refractivity contribution in [1.29, 1.82) is 0 Å². The predicted molar refractivity (Wildman–Crippen MR) is 47.1 cm³/mol. The van der Waals surface area contributed by atoms with Crippen LogP contribution in [0.5, 0.6) is 0 Å². The summed E-state index contributed by atoms with van der Waals surface area (Å²) in [6, 6.07) is 1.12. The highest BCUT2D eigenvalue weighted by Crippen LogP contribution is 2.03. The highest BCUT2D eigenvalue weighted by Gasteiger charge is 2.11. The van der Waals surface area contributed by atoms with E-state index in [-0.39, 0.29) is 0 Å². The Kier molecular flexibility index (Phi) is 5.46. The SMILES string of the molecule is CC(C)N(CCON)C(C)C. The molecule has 0 aromatic rings. The molecule has 0 saturated carbocycles. The smallest absolute Gasteiger partial charge is 0.0806 e. The van der Waals surface area contributed by atoms with Gasteiger partial charge in [-0.3, -0.25) is 4.90 Å². The number of hydrogen-bond acceptors (Lipinski definition) is 3. The molecule has 0 spiro atoms. The summed E-state index contributed by atoms with van der Waals surface area (Å²) in [5, 5.41) is 0. The molecular weight excluding hydrogens is 140 g/mol. The molecule has 0 bridgehead atoms. The van der Waals surface area contributed by atoms with Crippen LogP contribution in [0.25, 0.3) is 0 Å². The third-order valence-corrected chi connectivity index (χ3v) is 1.79. The number of hydrogen-bond donors (Lipinski definition) is 1. The number of nitrogens with two attached hydrogens (primary N) is 1. The van der Waals surface area contributed by atoms with E-state index >= 15 is 0 Å². The highest BCUT2D eigenvalue weighted by atomic mass is 16.6. The molecule has 0 amide bonds. The van der Waals surface area contributed by atoms with E-state index in [1.807, 2.05) is 0 Å². The fraction of sp³-hybridized carbons (Fsp3) is 1.00. The lowest BCUT2D eigenvalue weighted by molar-refractivity contribution is 0.0792. The van der Waals surface area contributed by atoms with Gasteiger partial charge in [-0.1, -0.05) is 0 Å². The monoisotopic (exact) mass is 160 g/mol. The molecule has 0 rings (SSSR count). The third kappa shape index (κ3) is 4.35. The maximum absolute atomic E-state index is 4.95. The van der Waals surface area contributed by atoms with Crippen molar-refractivity contribution in [3.63, 3.8) is 0 Å². The minimum Gasteiger partial charge on any atom is -0.303 e. The van der Waals surface area contributed by atoms with Gasteiger partial charge in [-0.05, 0) is 27.7 Å². The van der Waals surface area contributed by atoms with E-state index < -0.39 is 0 Å². The molecule has 11 heavy (non-hydrogen) atoms. The van der Waals surface area contributed by atoms with Gasteiger partial charge in [-0.15, -0.1) is 0 Å². The lowest BCUT2D eigenvalue weighted by Gasteiger charge is -2.29. The molecule has 3 heteroatoms. The van der Waals surface area contributed by atoms with Crippen LogP contribution in [0.15, 0.2) is 0 Å². The Morgan fingerprint density at radius 3 is 1.91 bits per heavy atom. The number of nitrogens with zero attached hydrogens (tertiary/aromatic N) is 1. The normalized spacial score (nSPS) is 12.0. The van der Waals surface area contributed by atoms with Crippen molar-refractivity contribution in [2.75, 3.05) is 13.2 Å². The van der Waals surface area contributed by atoms with Gasteiger partial charge in [-0.25, -0.2) is 5.90 Å². The summed E-state index contributed by atoms with van der Waals surface area (Å²) in [4.78, 5) is 6.87. The first-order valence-electron chi connectivity index (χ1n) is 4.17. The summed E-state index contributed by atoms with van der Waals surface area (Å²) in [6.07, 6.45) is 0. The Hall–Kier alpha value is -0.120. The van der Waals surface area contributed by atoms with Crippen molar-refractivity contribution in [2.45, 2.75) is 39.8 Å². The molecule has 2 N–H and O–H groups in total. The average Bonchev–Trinajstić information content (AvgIpc) is 1.87. The van der Waals surface area contributed by atoms with Crippen LogP contribution in [0.3, 0.4) is 0 Å². The largest absolute Gasteiger partial charge is 0.303 e. The van der Waals surface area contributed by atoms with Crippen molar-refractivity contribution >= 4 is 0 Å². The minimum absolute atomic E-state index is 0.560. The van der Waals surface area contributed by atoms with E-state index in [4.69, 9.17) is 5.90 Å². The molecule has 0 unspecified atom stereocenters. The van der Waals surface area contributed by atoms with Crippen molar-refractivity contribution < 1.29 is 4.84 Å². The minimum atomic E-state index is 0.560. The summed E-state index contributed by atoms with van der Waals surface area (Å²) in [6.45, 7) is 10.2. The van der Waals surface area contributed by atoms with Gasteiger partial charge in [-0.2, -0.15) is 0 Å². The fourth-order valence-electron chi connectivity index (χ4n) is 1.27. The average molecular weight is 160 g/mol. The first-order valence-corrected chi connectivity index (χ1v) is 4.17. The fourth-order valence-corrected chi connectivity index (χ4v) is 1.27. The quantitative estimate of drug-likeness (QED) is 0.610. The van der Waals surface area contributed by atoms with Crippen molar-refractivity contribution in [3.05, 3.63) is 0 Å². The van der Waals surface area contributed by atoms with Gasteiger partial charge in [0.2, 0.25) is 0 Å². The van der Waals surface area contributed by atoms with E-state index in [9.17, 15) is 0 Å². The molecule has 68 valence electrons. The zero-order valence-electron chi connectivity index (χ0n) is 8.00. The molecule has 0 fully saturated rings. The first-order chi connectivity index (χ1) is 5.09. The van der Waals surface area contributed by atoms with Crippen LogP contribution < -0.4 is 5.90 Å². The van der Waals surface area contributed by atoms with Crippen LogP contribution in [0, 0.1) is 0 Å². The van der Waals surface area contributed by atoms with Crippen LogP contribution in [0.4, 0.5) is 0 Å². The molecule has 0 atom stereocenters. The molecule has 0 aliphatic carbocycles. The molecule has 0 radical (unpaired) electrons. The van der Waals surface area contributed by atoms with E-state index in [1.165, 1.54) is 0 Å². The standard InChI is InChI=1S/C8H20N2O/c1-7(2)10(8(3)4)5-6-11-9/h7-8H,5-6,9H2,1-4H3. The molecular formula is C8H20N2O. The van der Waals surface area contributed by atoms with Gasteiger partial charge in [0.25, 0.3) is 0 Å². The zero-order chi connectivity index (χ0) is 8.85. The van der Waals surface area contributed by atoms with Crippen LogP contribution in [-0.2, 0) is 4.84 Å². The van der Waals surface area contributed by atoms with Crippen LogP contribution in [-0.4, -0.2) is 30.1 Å². The maximum Gasteiger partial charge on any atom is 0.0806 e. The molecule has 0 aromatic carbocycles. The third-order valence-electron chi connectivity index (χ3n) is 1.79. The molecule has 0 aromatic heterocycles. The second kappa shape index (κ2) is 5.52. The Morgan fingerprint density at radius 2 is 1.64 bits per heavy atom. The molecule has 3 nitrogen and oxygen atoms in total. The lowest BCUT2D eigenvalue weighted by atomic mass is 10.2. The highest BCUT2D eigenvalue weighted by molar-refractivity contribution is 4.66. The van der Waals surface area contributed by atoms with Crippen LogP contribution in [0.2, 0.25) is 0 Å². The first kappa shape index (κ1) is 10.9. The Labute approximate surface area is 69.5 Å².